The molecular formula is C13H13F3N4O3S. The van der Waals surface area contributed by atoms with Gasteiger partial charge in [-0.3, -0.25) is 14.9 Å². The molecule has 1 aromatic heterocycles. The molecule has 3 N–H and O–H groups in total. The molecule has 24 heavy (non-hydrogen) atoms. The fourth-order valence-electron chi connectivity index (χ4n) is 3.23. The maximum atomic E-state index is 12.8. The number of aromatic nitrogens is 1. The number of hydrogen-bond acceptors (Lipinski definition) is 5. The molecule has 2 unspecified atom stereocenters. The number of thiazole rings is 1. The van der Waals surface area contributed by atoms with E-state index in [4.69, 9.17) is 0 Å². The number of nitrogens with one attached hydrogen (secondary N) is 3. The first-order chi connectivity index (χ1) is 11.2. The summed E-state index contributed by atoms with van der Waals surface area (Å²) in [6.45, 7) is -0.0264. The second-order valence-corrected chi connectivity index (χ2v) is 6.56. The van der Waals surface area contributed by atoms with E-state index in [0.29, 0.717) is 30.6 Å². The standard InChI is InChI=1S/C13H13F3N4O3S/c14-13(15,16)8-7(18-5-24-8)9(21)17-4-6-2-1-3-12(6)10(22)19-11(23)20-12/h5-6H,1-4H2,(H,17,21)(H2,19,20,22,23). The summed E-state index contributed by atoms with van der Waals surface area (Å²) in [5.41, 5.74) is -0.821. The predicted octanol–water partition coefficient (Wildman–Crippen LogP) is 1.27. The Morgan fingerprint density at radius 2 is 2.21 bits per heavy atom. The van der Waals surface area contributed by atoms with E-state index < -0.39 is 40.1 Å². The Labute approximate surface area is 138 Å². The van der Waals surface area contributed by atoms with E-state index in [1.807, 2.05) is 0 Å². The van der Waals surface area contributed by atoms with Crippen molar-refractivity contribution in [1.82, 2.24) is 20.9 Å². The van der Waals surface area contributed by atoms with Crippen LogP contribution in [0.15, 0.2) is 5.51 Å². The van der Waals surface area contributed by atoms with Crippen molar-refractivity contribution in [3.63, 3.8) is 0 Å². The van der Waals surface area contributed by atoms with E-state index in [1.165, 1.54) is 0 Å². The maximum Gasteiger partial charge on any atom is 0.427 e. The Kier molecular flexibility index (Phi) is 3.98. The van der Waals surface area contributed by atoms with E-state index in [2.05, 4.69) is 20.9 Å². The first-order valence-electron chi connectivity index (χ1n) is 7.16. The van der Waals surface area contributed by atoms with Gasteiger partial charge >= 0.3 is 12.2 Å². The molecule has 130 valence electrons. The van der Waals surface area contributed by atoms with Gasteiger partial charge in [0, 0.05) is 12.5 Å². The van der Waals surface area contributed by atoms with Gasteiger partial charge in [0.2, 0.25) is 0 Å². The molecule has 11 heteroatoms. The molecule has 1 aliphatic heterocycles. The van der Waals surface area contributed by atoms with Crippen molar-refractivity contribution >= 4 is 29.2 Å². The van der Waals surface area contributed by atoms with Crippen molar-refractivity contribution < 1.29 is 27.6 Å². The van der Waals surface area contributed by atoms with Gasteiger partial charge in [-0.05, 0) is 12.8 Å². The van der Waals surface area contributed by atoms with Gasteiger partial charge in [0.1, 0.15) is 10.4 Å². The molecule has 1 aromatic rings. The number of halogens is 3. The number of rotatable bonds is 3. The Balaban J connectivity index is 1.70. The summed E-state index contributed by atoms with van der Waals surface area (Å²) in [4.78, 5) is 37.8. The zero-order valence-corrected chi connectivity index (χ0v) is 13.0. The zero-order chi connectivity index (χ0) is 17.5. The van der Waals surface area contributed by atoms with Crippen molar-refractivity contribution in [3.05, 3.63) is 16.1 Å². The molecular weight excluding hydrogens is 349 g/mol. The molecule has 7 nitrogen and oxygen atoms in total. The molecule has 4 amide bonds. The normalized spacial score (nSPS) is 26.5. The summed E-state index contributed by atoms with van der Waals surface area (Å²) < 4.78 is 38.4. The number of amides is 4. The van der Waals surface area contributed by atoms with Crippen LogP contribution in [0.2, 0.25) is 0 Å². The molecule has 0 aromatic carbocycles. The third-order valence-corrected chi connectivity index (χ3v) is 5.21. The first kappa shape index (κ1) is 16.7. The van der Waals surface area contributed by atoms with Gasteiger partial charge in [-0.25, -0.2) is 9.78 Å². The summed E-state index contributed by atoms with van der Waals surface area (Å²) in [5, 5.41) is 7.14. The molecule has 0 radical (unpaired) electrons. The van der Waals surface area contributed by atoms with Gasteiger partial charge in [0.05, 0.1) is 5.51 Å². The van der Waals surface area contributed by atoms with Crippen molar-refractivity contribution in [2.24, 2.45) is 5.92 Å². The lowest BCUT2D eigenvalue weighted by atomic mass is 9.87. The summed E-state index contributed by atoms with van der Waals surface area (Å²) >= 11 is 0.344. The first-order valence-corrected chi connectivity index (χ1v) is 8.04. The fraction of sp³-hybridized carbons (Fsp3) is 0.538. The van der Waals surface area contributed by atoms with Crippen molar-refractivity contribution in [2.75, 3.05) is 6.54 Å². The minimum absolute atomic E-state index is 0.0264. The average Bonchev–Trinajstić information content (AvgIpc) is 3.17. The summed E-state index contributed by atoms with van der Waals surface area (Å²) in [5.74, 6) is -1.80. The van der Waals surface area contributed by atoms with Crippen molar-refractivity contribution in [2.45, 2.75) is 31.0 Å². The second-order valence-electron chi connectivity index (χ2n) is 5.71. The minimum Gasteiger partial charge on any atom is -0.350 e. The third kappa shape index (κ3) is 2.72. The number of nitrogens with zero attached hydrogens (tertiary/aromatic N) is 1. The molecule has 2 aliphatic rings. The van der Waals surface area contributed by atoms with Gasteiger partial charge < -0.3 is 10.6 Å². The number of alkyl halides is 3. The Bertz CT molecular complexity index is 705. The molecule has 2 atom stereocenters. The van der Waals surface area contributed by atoms with Gasteiger partial charge in [-0.2, -0.15) is 13.2 Å². The topological polar surface area (TPSA) is 100 Å². The highest BCUT2D eigenvalue weighted by molar-refractivity contribution is 7.10. The summed E-state index contributed by atoms with van der Waals surface area (Å²) in [7, 11) is 0. The summed E-state index contributed by atoms with van der Waals surface area (Å²) in [6.07, 6.45) is -2.99. The Morgan fingerprint density at radius 3 is 2.83 bits per heavy atom. The van der Waals surface area contributed by atoms with Gasteiger partial charge in [-0.15, -0.1) is 11.3 Å². The number of hydrogen-bond donors (Lipinski definition) is 3. The van der Waals surface area contributed by atoms with Crippen LogP contribution < -0.4 is 16.0 Å². The van der Waals surface area contributed by atoms with E-state index in [0.717, 1.165) is 5.51 Å². The monoisotopic (exact) mass is 362 g/mol. The number of urea groups is 1. The van der Waals surface area contributed by atoms with Crippen LogP contribution >= 0.6 is 11.3 Å². The smallest absolute Gasteiger partial charge is 0.350 e. The van der Waals surface area contributed by atoms with Crippen LogP contribution in [0.1, 0.15) is 34.6 Å². The van der Waals surface area contributed by atoms with Crippen LogP contribution in [-0.4, -0.2) is 34.9 Å². The highest BCUT2D eigenvalue weighted by Crippen LogP contribution is 2.38. The molecule has 1 saturated heterocycles. The highest BCUT2D eigenvalue weighted by atomic mass is 32.1. The fourth-order valence-corrected chi connectivity index (χ4v) is 3.89. The second kappa shape index (κ2) is 5.72. The number of carbonyl (C=O) groups is 3. The van der Waals surface area contributed by atoms with Gasteiger partial charge in [0.15, 0.2) is 5.69 Å². The van der Waals surface area contributed by atoms with Crippen LogP contribution in [-0.2, 0) is 11.0 Å². The zero-order valence-electron chi connectivity index (χ0n) is 12.2. The minimum atomic E-state index is -4.65. The van der Waals surface area contributed by atoms with E-state index in [9.17, 15) is 27.6 Å². The quantitative estimate of drug-likeness (QED) is 0.705. The van der Waals surface area contributed by atoms with Gasteiger partial charge in [-0.1, -0.05) is 6.42 Å². The molecule has 0 bridgehead atoms. The molecule has 2 heterocycles. The van der Waals surface area contributed by atoms with Crippen molar-refractivity contribution in [3.8, 4) is 0 Å². The molecule has 1 saturated carbocycles. The van der Waals surface area contributed by atoms with Crippen LogP contribution in [0, 0.1) is 5.92 Å². The van der Waals surface area contributed by atoms with Crippen LogP contribution in [0.4, 0.5) is 18.0 Å². The van der Waals surface area contributed by atoms with Crippen LogP contribution in [0.3, 0.4) is 0 Å². The third-order valence-electron chi connectivity index (χ3n) is 4.34. The molecule has 1 aliphatic carbocycles. The lowest BCUT2D eigenvalue weighted by molar-refractivity contribution is -0.134. The molecule has 3 rings (SSSR count). The lowest BCUT2D eigenvalue weighted by Crippen LogP contribution is -2.53. The van der Waals surface area contributed by atoms with Crippen molar-refractivity contribution in [1.29, 1.82) is 0 Å². The van der Waals surface area contributed by atoms with E-state index >= 15 is 0 Å². The average molecular weight is 362 g/mol. The van der Waals surface area contributed by atoms with E-state index in [1.54, 1.807) is 0 Å². The largest absolute Gasteiger partial charge is 0.427 e. The SMILES string of the molecule is O=C1NC(=O)C2(CCCC2CNC(=O)c2ncsc2C(F)(F)F)N1. The predicted molar refractivity (Wildman–Crippen MR) is 76.2 cm³/mol. The van der Waals surface area contributed by atoms with Gasteiger partial charge in [0.25, 0.3) is 11.8 Å². The van der Waals surface area contributed by atoms with E-state index in [-0.39, 0.29) is 12.5 Å². The summed E-state index contributed by atoms with van der Waals surface area (Å²) in [6, 6.07) is -0.600. The lowest BCUT2D eigenvalue weighted by Gasteiger charge is -2.28. The number of imide groups is 1. The molecule has 2 fully saturated rings. The maximum absolute atomic E-state index is 12.8. The number of carbonyl (C=O) groups excluding carboxylic acids is 3. The Hall–Kier alpha value is -2.17. The van der Waals surface area contributed by atoms with Crippen LogP contribution in [0.25, 0.3) is 0 Å². The highest BCUT2D eigenvalue weighted by Gasteiger charge is 2.54. The Morgan fingerprint density at radius 1 is 1.46 bits per heavy atom. The molecule has 1 spiro atoms. The van der Waals surface area contributed by atoms with Crippen LogP contribution in [0.5, 0.6) is 0 Å².